The van der Waals surface area contributed by atoms with E-state index in [-0.39, 0.29) is 24.2 Å². The fourth-order valence-electron chi connectivity index (χ4n) is 3.73. The van der Waals surface area contributed by atoms with Crippen molar-refractivity contribution >= 4 is 41.5 Å². The van der Waals surface area contributed by atoms with Crippen LogP contribution < -0.4 is 10.2 Å². The van der Waals surface area contributed by atoms with Gasteiger partial charge in [0.05, 0.1) is 10.7 Å². The number of piperidine rings is 1. The van der Waals surface area contributed by atoms with Gasteiger partial charge >= 0.3 is 0 Å². The fraction of sp³-hybridized carbons (Fsp3) is 0.556. The zero-order valence-electron chi connectivity index (χ0n) is 15.0. The summed E-state index contributed by atoms with van der Waals surface area (Å²) >= 11 is 6.22. The predicted octanol–water partition coefficient (Wildman–Crippen LogP) is 2.09. The third-order valence-corrected chi connectivity index (χ3v) is 5.62. The number of nitrogens with one attached hydrogen (secondary N) is 1. The van der Waals surface area contributed by atoms with Crippen LogP contribution in [0.2, 0.25) is 5.02 Å². The number of hydrogen-bond acceptors (Lipinski definition) is 4. The molecule has 2 fully saturated rings. The predicted molar refractivity (Wildman–Crippen MR) is 104 cm³/mol. The van der Waals surface area contributed by atoms with Crippen LogP contribution in [0.4, 0.5) is 5.69 Å². The van der Waals surface area contributed by atoms with Crippen LogP contribution in [0.15, 0.2) is 24.3 Å². The number of likely N-dealkylation sites (N-methyl/N-ethyl adjacent to an activating group) is 1. The maximum absolute atomic E-state index is 13.1. The maximum Gasteiger partial charge on any atom is 0.255 e. The number of nitrogens with zero attached hydrogens (tertiary/aromatic N) is 2. The van der Waals surface area contributed by atoms with Gasteiger partial charge in [-0.15, -0.1) is 12.4 Å². The van der Waals surface area contributed by atoms with Crippen LogP contribution in [0.1, 0.15) is 19.3 Å². The fourth-order valence-corrected chi connectivity index (χ4v) is 3.97. The van der Waals surface area contributed by atoms with E-state index < -0.39 is 11.6 Å². The van der Waals surface area contributed by atoms with Crippen molar-refractivity contribution in [2.45, 2.75) is 30.9 Å². The highest BCUT2D eigenvalue weighted by atomic mass is 35.5. The smallest absolute Gasteiger partial charge is 0.255 e. The molecular weight excluding hydrogens is 377 g/mol. The minimum Gasteiger partial charge on any atom is -0.368 e. The molecule has 3 rings (SSSR count). The molecule has 2 amide bonds. The molecule has 2 saturated heterocycles. The highest BCUT2D eigenvalue weighted by Gasteiger charge is 2.46. The lowest BCUT2D eigenvalue weighted by Gasteiger charge is -2.39. The second-order valence-electron chi connectivity index (χ2n) is 6.61. The normalized spacial score (nSPS) is 22.0. The second-order valence-corrected chi connectivity index (χ2v) is 7.02. The zero-order chi connectivity index (χ0) is 18.0. The summed E-state index contributed by atoms with van der Waals surface area (Å²) in [5.74, 6) is -0.208. The maximum atomic E-state index is 13.1. The van der Waals surface area contributed by atoms with Gasteiger partial charge in [0.25, 0.3) is 5.91 Å². The number of carbonyl (C=O) groups excluding carboxylic acids is 2. The largest absolute Gasteiger partial charge is 0.368 e. The van der Waals surface area contributed by atoms with Gasteiger partial charge in [-0.2, -0.15) is 0 Å². The number of carbonyl (C=O) groups is 2. The molecule has 2 aliphatic heterocycles. The molecule has 2 heterocycles. The number of methoxy groups -OCH3 is 1. The van der Waals surface area contributed by atoms with Gasteiger partial charge in [-0.1, -0.05) is 23.7 Å². The number of rotatable bonds is 4. The Balaban J connectivity index is 0.00000243. The number of anilines is 1. The molecule has 6 nitrogen and oxygen atoms in total. The monoisotopic (exact) mass is 401 g/mol. The van der Waals surface area contributed by atoms with E-state index in [1.54, 1.807) is 30.0 Å². The number of ether oxygens (including phenoxy) is 1. The minimum atomic E-state index is -0.835. The standard InChI is InChI=1S/C18H24ClN3O3.ClH/c1-21(17(24)18(25-2)8-10-20-11-9-18)15-7-12-22(16(15)23)14-6-4-3-5-13(14)19;/h3-6,15,20H,7-12H2,1-2H3;1H. The van der Waals surface area contributed by atoms with E-state index in [0.29, 0.717) is 36.5 Å². The molecule has 1 N–H and O–H groups in total. The Morgan fingerprint density at radius 1 is 1.35 bits per heavy atom. The second kappa shape index (κ2) is 8.57. The molecule has 0 bridgehead atoms. The zero-order valence-corrected chi connectivity index (χ0v) is 16.6. The van der Waals surface area contributed by atoms with Crippen molar-refractivity contribution in [2.24, 2.45) is 0 Å². The molecule has 1 aromatic rings. The van der Waals surface area contributed by atoms with Crippen molar-refractivity contribution in [1.29, 1.82) is 0 Å². The Morgan fingerprint density at radius 3 is 2.62 bits per heavy atom. The molecule has 0 saturated carbocycles. The third kappa shape index (κ3) is 3.69. The van der Waals surface area contributed by atoms with Crippen LogP contribution in [-0.4, -0.2) is 62.1 Å². The van der Waals surface area contributed by atoms with Gasteiger partial charge in [0.1, 0.15) is 11.6 Å². The average Bonchev–Trinajstić information content (AvgIpc) is 3.02. The molecule has 26 heavy (non-hydrogen) atoms. The Bertz CT molecular complexity index is 665. The SMILES string of the molecule is COC1(C(=O)N(C)C2CCN(c3ccccc3Cl)C2=O)CCNCC1.Cl. The Kier molecular flexibility index (Phi) is 6.91. The molecule has 1 aromatic carbocycles. The number of halogens is 2. The summed E-state index contributed by atoms with van der Waals surface area (Å²) in [6, 6.07) is 6.80. The van der Waals surface area contributed by atoms with Crippen LogP contribution in [0, 0.1) is 0 Å². The number of amides is 2. The topological polar surface area (TPSA) is 61.9 Å². The van der Waals surface area contributed by atoms with Crippen LogP contribution >= 0.6 is 24.0 Å². The summed E-state index contributed by atoms with van der Waals surface area (Å²) in [5, 5.41) is 3.78. The minimum absolute atomic E-state index is 0. The number of hydrogen-bond donors (Lipinski definition) is 1. The van der Waals surface area contributed by atoms with E-state index >= 15 is 0 Å². The van der Waals surface area contributed by atoms with E-state index in [2.05, 4.69) is 5.32 Å². The molecule has 0 aromatic heterocycles. The molecule has 144 valence electrons. The third-order valence-electron chi connectivity index (χ3n) is 5.30. The molecule has 0 radical (unpaired) electrons. The highest BCUT2D eigenvalue weighted by Crippen LogP contribution is 2.32. The molecular formula is C18H25Cl2N3O3. The van der Waals surface area contributed by atoms with Crippen molar-refractivity contribution in [3.8, 4) is 0 Å². The first-order valence-electron chi connectivity index (χ1n) is 8.59. The summed E-state index contributed by atoms with van der Waals surface area (Å²) in [6.45, 7) is 2.02. The molecule has 2 aliphatic rings. The molecule has 0 aliphatic carbocycles. The van der Waals surface area contributed by atoms with Crippen LogP contribution in [-0.2, 0) is 14.3 Å². The van der Waals surface area contributed by atoms with Crippen molar-refractivity contribution in [2.75, 3.05) is 38.7 Å². The van der Waals surface area contributed by atoms with Crippen molar-refractivity contribution < 1.29 is 14.3 Å². The van der Waals surface area contributed by atoms with Gasteiger partial charge in [-0.05, 0) is 44.5 Å². The van der Waals surface area contributed by atoms with E-state index in [4.69, 9.17) is 16.3 Å². The Morgan fingerprint density at radius 2 is 2.00 bits per heavy atom. The number of para-hydroxylation sites is 1. The van der Waals surface area contributed by atoms with E-state index in [1.165, 1.54) is 0 Å². The average molecular weight is 402 g/mol. The summed E-state index contributed by atoms with van der Waals surface area (Å²) in [7, 11) is 3.27. The van der Waals surface area contributed by atoms with Crippen LogP contribution in [0.5, 0.6) is 0 Å². The lowest BCUT2D eigenvalue weighted by molar-refractivity contribution is -0.160. The van der Waals surface area contributed by atoms with E-state index in [9.17, 15) is 9.59 Å². The summed E-state index contributed by atoms with van der Waals surface area (Å²) in [5.41, 5.74) is -0.140. The first-order valence-corrected chi connectivity index (χ1v) is 8.97. The van der Waals surface area contributed by atoms with Crippen molar-refractivity contribution in [1.82, 2.24) is 10.2 Å². The first-order chi connectivity index (χ1) is 12.0. The van der Waals surface area contributed by atoms with Crippen LogP contribution in [0.3, 0.4) is 0 Å². The molecule has 1 unspecified atom stereocenters. The van der Waals surface area contributed by atoms with E-state index in [0.717, 1.165) is 13.1 Å². The number of benzene rings is 1. The van der Waals surface area contributed by atoms with Crippen molar-refractivity contribution in [3.05, 3.63) is 29.3 Å². The molecule has 8 heteroatoms. The lowest BCUT2D eigenvalue weighted by atomic mass is 9.90. The van der Waals surface area contributed by atoms with Gasteiger partial charge in [-0.3, -0.25) is 9.59 Å². The summed E-state index contributed by atoms with van der Waals surface area (Å²) in [6.07, 6.45) is 1.81. The quantitative estimate of drug-likeness (QED) is 0.838. The van der Waals surface area contributed by atoms with Gasteiger partial charge in [-0.25, -0.2) is 0 Å². The first kappa shape index (κ1) is 21.0. The van der Waals surface area contributed by atoms with Crippen LogP contribution in [0.25, 0.3) is 0 Å². The van der Waals surface area contributed by atoms with Gasteiger partial charge in [0, 0.05) is 20.7 Å². The van der Waals surface area contributed by atoms with Gasteiger partial charge in [0.15, 0.2) is 0 Å². The van der Waals surface area contributed by atoms with Crippen molar-refractivity contribution in [3.63, 3.8) is 0 Å². The van der Waals surface area contributed by atoms with Gasteiger partial charge in [0.2, 0.25) is 5.91 Å². The highest BCUT2D eigenvalue weighted by molar-refractivity contribution is 6.34. The van der Waals surface area contributed by atoms with Gasteiger partial charge < -0.3 is 19.9 Å². The molecule has 1 atom stereocenters. The van der Waals surface area contributed by atoms with E-state index in [1.807, 2.05) is 18.2 Å². The summed E-state index contributed by atoms with van der Waals surface area (Å²) in [4.78, 5) is 29.2. The molecule has 0 spiro atoms. The lowest BCUT2D eigenvalue weighted by Crippen LogP contribution is -2.57. The Labute approximate surface area is 165 Å². The Hall–Kier alpha value is -1.34. The summed E-state index contributed by atoms with van der Waals surface area (Å²) < 4.78 is 5.61.